The first-order valence-electron chi connectivity index (χ1n) is 23.2. The molecular weight excluding hydrogens is 749 g/mol. The van der Waals surface area contributed by atoms with Crippen molar-refractivity contribution in [3.8, 4) is 5.75 Å². The van der Waals surface area contributed by atoms with E-state index in [2.05, 4.69) is 93.8 Å². The lowest BCUT2D eigenvalue weighted by molar-refractivity contribution is -0.126. The van der Waals surface area contributed by atoms with E-state index in [0.717, 1.165) is 43.4 Å². The molecule has 3 rings (SSSR count). The molecule has 0 heterocycles. The maximum Gasteiger partial charge on any atom is 0.261 e. The van der Waals surface area contributed by atoms with Crippen LogP contribution in [0.5, 0.6) is 5.75 Å². The average Bonchev–Trinajstić information content (AvgIpc) is 3.24. The zero-order valence-electron chi connectivity index (χ0n) is 37.8. The monoisotopic (exact) mass is 829 g/mol. The summed E-state index contributed by atoms with van der Waals surface area (Å²) in [5, 5.41) is 8.65. The number of amides is 2. The lowest BCUT2D eigenvalue weighted by Gasteiger charge is -2.43. The Morgan fingerprint density at radius 2 is 1.15 bits per heavy atom. The minimum atomic E-state index is -2.87. The Morgan fingerprint density at radius 1 is 0.644 bits per heavy atom. The molecule has 0 fully saturated rings. The molecule has 0 saturated heterocycles. The van der Waals surface area contributed by atoms with Crippen LogP contribution in [0.2, 0.25) is 5.04 Å². The minimum absolute atomic E-state index is 0.0130. The fourth-order valence-electron chi connectivity index (χ4n) is 8.06. The molecule has 0 radical (unpaired) electrons. The van der Waals surface area contributed by atoms with E-state index in [1.54, 1.807) is 7.11 Å². The van der Waals surface area contributed by atoms with Crippen LogP contribution in [-0.4, -0.2) is 52.5 Å². The van der Waals surface area contributed by atoms with Crippen LogP contribution in [0.1, 0.15) is 162 Å². The normalized spacial score (nSPS) is 12.8. The second-order valence-corrected chi connectivity index (χ2v) is 21.8. The summed E-state index contributed by atoms with van der Waals surface area (Å²) >= 11 is 0. The van der Waals surface area contributed by atoms with Crippen LogP contribution in [0.4, 0.5) is 0 Å². The smallest absolute Gasteiger partial charge is 0.261 e. The van der Waals surface area contributed by atoms with Gasteiger partial charge >= 0.3 is 0 Å². The lowest BCUT2D eigenvalue weighted by Crippen LogP contribution is -2.67. The van der Waals surface area contributed by atoms with Crippen molar-refractivity contribution in [2.24, 2.45) is 0 Å². The standard InChI is InChI=1S/C51H80N2O5Si/c1-7-9-11-13-14-15-16-17-18-20-28-34-49(54)53-44(42-58-59(51(3,4)5,47-30-24-21-25-31-47)48-32-26-22-27-33-48)40-52-50(55)39-46(29-23-19-12-10-8-2)57-41-43-35-37-45(56-6)38-36-43/h21-22,24-27,30-33,35-38,44,46H,7-20,23,28-29,34,39-42H2,1-6H3,(H,52,55)(H,53,54)/t44-,46-/m1/s1. The molecule has 0 saturated carbocycles. The molecule has 2 N–H and O–H groups in total. The molecule has 0 aromatic heterocycles. The van der Waals surface area contributed by atoms with Gasteiger partial charge in [0.1, 0.15) is 5.75 Å². The van der Waals surface area contributed by atoms with E-state index in [0.29, 0.717) is 13.0 Å². The van der Waals surface area contributed by atoms with Gasteiger partial charge in [0.2, 0.25) is 11.8 Å². The van der Waals surface area contributed by atoms with Crippen molar-refractivity contribution in [1.29, 1.82) is 0 Å². The molecule has 0 aliphatic heterocycles. The SMILES string of the molecule is CCCCCCCCCCCCCC(=O)N[C@H](CNC(=O)C[C@@H](CCCCCCC)OCc1ccc(OC)cc1)CO[Si](c1ccccc1)(c1ccccc1)C(C)(C)C. The molecular formula is C51H80N2O5Si. The zero-order valence-corrected chi connectivity index (χ0v) is 38.8. The van der Waals surface area contributed by atoms with Gasteiger partial charge < -0.3 is 24.5 Å². The second-order valence-electron chi connectivity index (χ2n) is 17.5. The Labute approximate surface area is 360 Å². The molecule has 0 aliphatic carbocycles. The van der Waals surface area contributed by atoms with E-state index in [4.69, 9.17) is 13.9 Å². The van der Waals surface area contributed by atoms with Crippen LogP contribution in [0.3, 0.4) is 0 Å². The first kappa shape index (κ1) is 49.9. The number of methoxy groups -OCH3 is 1. The molecule has 0 spiro atoms. The molecule has 0 unspecified atom stereocenters. The quantitative estimate of drug-likeness (QED) is 0.0484. The van der Waals surface area contributed by atoms with Crippen molar-refractivity contribution in [2.45, 2.75) is 180 Å². The number of benzene rings is 3. The van der Waals surface area contributed by atoms with Crippen molar-refractivity contribution in [1.82, 2.24) is 10.6 Å². The molecule has 2 atom stereocenters. The lowest BCUT2D eigenvalue weighted by atomic mass is 10.1. The fourth-order valence-corrected chi connectivity index (χ4v) is 12.7. The van der Waals surface area contributed by atoms with Gasteiger partial charge in [-0.1, -0.05) is 204 Å². The van der Waals surface area contributed by atoms with Gasteiger partial charge in [-0.15, -0.1) is 0 Å². The summed E-state index contributed by atoms with van der Waals surface area (Å²) in [7, 11) is -1.21. The maximum atomic E-state index is 13.7. The van der Waals surface area contributed by atoms with E-state index >= 15 is 0 Å². The topological polar surface area (TPSA) is 85.9 Å². The third-order valence-corrected chi connectivity index (χ3v) is 16.5. The van der Waals surface area contributed by atoms with Gasteiger partial charge in [-0.25, -0.2) is 0 Å². The van der Waals surface area contributed by atoms with Crippen LogP contribution in [0.25, 0.3) is 0 Å². The van der Waals surface area contributed by atoms with Gasteiger partial charge in [0, 0.05) is 13.0 Å². The number of unbranched alkanes of at least 4 members (excludes halogenated alkanes) is 14. The Bertz CT molecular complexity index is 1490. The predicted molar refractivity (Wildman–Crippen MR) is 249 cm³/mol. The number of hydrogen-bond acceptors (Lipinski definition) is 5. The molecule has 3 aromatic rings. The van der Waals surface area contributed by atoms with Crippen LogP contribution >= 0.6 is 0 Å². The molecule has 3 aromatic carbocycles. The molecule has 0 bridgehead atoms. The van der Waals surface area contributed by atoms with E-state index < -0.39 is 14.4 Å². The van der Waals surface area contributed by atoms with Crippen LogP contribution in [-0.2, 0) is 25.4 Å². The third-order valence-electron chi connectivity index (χ3n) is 11.5. The molecule has 8 heteroatoms. The number of nitrogens with one attached hydrogen (secondary N) is 2. The third kappa shape index (κ3) is 18.8. The first-order chi connectivity index (χ1) is 28.6. The van der Waals surface area contributed by atoms with Crippen LogP contribution in [0.15, 0.2) is 84.9 Å². The zero-order chi connectivity index (χ0) is 42.6. The Kier molecular flexibility index (Phi) is 24.4. The fraction of sp³-hybridized carbons (Fsp3) is 0.608. The molecule has 2 amide bonds. The van der Waals surface area contributed by atoms with Crippen molar-refractivity contribution >= 4 is 30.5 Å². The van der Waals surface area contributed by atoms with Gasteiger partial charge in [-0.3, -0.25) is 9.59 Å². The van der Waals surface area contributed by atoms with Gasteiger partial charge in [0.05, 0.1) is 38.9 Å². The highest BCUT2D eigenvalue weighted by Gasteiger charge is 2.50. The summed E-state index contributed by atoms with van der Waals surface area (Å²) in [4.78, 5) is 27.3. The highest BCUT2D eigenvalue weighted by Crippen LogP contribution is 2.37. The molecule has 0 aliphatic rings. The highest BCUT2D eigenvalue weighted by molar-refractivity contribution is 6.99. The second kappa shape index (κ2) is 28.9. The van der Waals surface area contributed by atoms with E-state index in [1.165, 1.54) is 87.4 Å². The molecule has 59 heavy (non-hydrogen) atoms. The number of ether oxygens (including phenoxy) is 2. The highest BCUT2D eigenvalue weighted by atomic mass is 28.4. The maximum absolute atomic E-state index is 13.7. The Balaban J connectivity index is 1.70. The van der Waals surface area contributed by atoms with Crippen molar-refractivity contribution < 1.29 is 23.5 Å². The summed E-state index contributed by atoms with van der Waals surface area (Å²) in [5.41, 5.74) is 1.04. The predicted octanol–water partition coefficient (Wildman–Crippen LogP) is 11.2. The largest absolute Gasteiger partial charge is 0.497 e. The Morgan fingerprint density at radius 3 is 1.66 bits per heavy atom. The van der Waals surface area contributed by atoms with Crippen LogP contribution < -0.4 is 25.7 Å². The van der Waals surface area contributed by atoms with Gasteiger partial charge in [-0.2, -0.15) is 0 Å². The molecule has 328 valence electrons. The Hall–Kier alpha value is -3.46. The van der Waals surface area contributed by atoms with Crippen molar-refractivity contribution in [2.75, 3.05) is 20.3 Å². The summed E-state index contributed by atoms with van der Waals surface area (Å²) in [6.45, 7) is 12.3. The van der Waals surface area contributed by atoms with Crippen molar-refractivity contribution in [3.05, 3.63) is 90.5 Å². The van der Waals surface area contributed by atoms with Crippen LogP contribution in [0, 0.1) is 0 Å². The molecule has 7 nitrogen and oxygen atoms in total. The van der Waals surface area contributed by atoms with E-state index in [9.17, 15) is 9.59 Å². The summed E-state index contributed by atoms with van der Waals surface area (Å²) < 4.78 is 19.0. The summed E-state index contributed by atoms with van der Waals surface area (Å²) in [5.74, 6) is 0.743. The minimum Gasteiger partial charge on any atom is -0.497 e. The number of hydrogen-bond donors (Lipinski definition) is 2. The van der Waals surface area contributed by atoms with Gasteiger partial charge in [0.15, 0.2) is 0 Å². The van der Waals surface area contributed by atoms with E-state index in [-0.39, 0.29) is 42.5 Å². The number of rotatable bonds is 32. The van der Waals surface area contributed by atoms with E-state index in [1.807, 2.05) is 36.4 Å². The number of carbonyl (C=O) groups excluding carboxylic acids is 2. The van der Waals surface area contributed by atoms with Gasteiger partial charge in [0.25, 0.3) is 8.32 Å². The first-order valence-corrected chi connectivity index (χ1v) is 25.1. The van der Waals surface area contributed by atoms with Gasteiger partial charge in [-0.05, 0) is 45.9 Å². The summed E-state index contributed by atoms with van der Waals surface area (Å²) in [6, 6.07) is 28.6. The van der Waals surface area contributed by atoms with Crippen molar-refractivity contribution in [3.63, 3.8) is 0 Å². The average molecular weight is 829 g/mol. The summed E-state index contributed by atoms with van der Waals surface area (Å²) in [6.07, 6.45) is 20.7. The number of carbonyl (C=O) groups is 2.